The molecule has 0 unspecified atom stereocenters. The molecule has 0 atom stereocenters. The van der Waals surface area contributed by atoms with Crippen LogP contribution in [0.4, 0.5) is 0 Å². The summed E-state index contributed by atoms with van der Waals surface area (Å²) in [6.07, 6.45) is 2.73. The summed E-state index contributed by atoms with van der Waals surface area (Å²) >= 11 is 0. The molecule has 2 rings (SSSR count). The Balaban J connectivity index is 2.49. The minimum absolute atomic E-state index is 0.293. The molecule has 0 amide bonds. The number of para-hydroxylation sites is 1. The van der Waals surface area contributed by atoms with Gasteiger partial charge in [-0.25, -0.2) is 0 Å². The first-order valence-corrected chi connectivity index (χ1v) is 3.76. The zero-order valence-electron chi connectivity index (χ0n) is 6.68. The highest BCUT2D eigenvalue weighted by Gasteiger charge is 2.21. The monoisotopic (exact) mass is 178 g/mol. The highest BCUT2D eigenvalue weighted by molar-refractivity contribution is 6.59. The Labute approximate surface area is 75.2 Å². The third-order valence-corrected chi connectivity index (χ3v) is 1.72. The highest BCUT2D eigenvalue weighted by atomic mass is 16.5. The molecule has 4 nitrogen and oxygen atoms in total. The number of ether oxygens (including phenoxy) is 2. The second kappa shape index (κ2) is 3.12. The average Bonchev–Trinajstić information content (AvgIpc) is 2.17. The summed E-state index contributed by atoms with van der Waals surface area (Å²) < 4.78 is 10.2. The van der Waals surface area contributed by atoms with E-state index in [0.717, 1.165) is 0 Å². The van der Waals surface area contributed by atoms with E-state index in [1.807, 2.05) is 0 Å². The molecule has 0 fully saturated rings. The fraction of sp³-hybridized carbons (Fsp3) is 0. The Morgan fingerprint density at radius 3 is 2.62 bits per heavy atom. The average molecular weight is 178 g/mol. The van der Waals surface area contributed by atoms with Gasteiger partial charge in [0.25, 0.3) is 0 Å². The Kier molecular flexibility index (Phi) is 1.96. The summed E-state index contributed by atoms with van der Waals surface area (Å²) in [6, 6.07) is 4.91. The van der Waals surface area contributed by atoms with Crippen LogP contribution in [0.15, 0.2) is 30.7 Å². The van der Waals surface area contributed by atoms with E-state index < -0.39 is 7.12 Å². The molecule has 2 N–H and O–H groups in total. The summed E-state index contributed by atoms with van der Waals surface area (Å²) in [5.41, 5.74) is 0.293. The minimum Gasteiger partial charge on any atom is -0.458 e. The third kappa shape index (κ3) is 1.39. The highest BCUT2D eigenvalue weighted by Crippen LogP contribution is 2.27. The van der Waals surface area contributed by atoms with Crippen LogP contribution in [0.1, 0.15) is 0 Å². The molecule has 0 aromatic heterocycles. The minimum atomic E-state index is -1.55. The fourth-order valence-electron chi connectivity index (χ4n) is 1.15. The molecular weight excluding hydrogens is 171 g/mol. The molecule has 1 aromatic rings. The van der Waals surface area contributed by atoms with Gasteiger partial charge in [0.15, 0.2) is 11.5 Å². The standard InChI is InChI=1S/C8H7BO4/c10-9(11)6-2-1-3-7-8(6)13-5-4-12-7/h1-5,10-11H. The van der Waals surface area contributed by atoms with Gasteiger partial charge < -0.3 is 19.5 Å². The van der Waals surface area contributed by atoms with Crippen molar-refractivity contribution in [2.24, 2.45) is 0 Å². The number of fused-ring (bicyclic) bond motifs is 1. The van der Waals surface area contributed by atoms with E-state index in [2.05, 4.69) is 0 Å². The zero-order valence-corrected chi connectivity index (χ0v) is 6.68. The van der Waals surface area contributed by atoms with E-state index in [1.165, 1.54) is 12.5 Å². The Morgan fingerprint density at radius 1 is 1.08 bits per heavy atom. The van der Waals surface area contributed by atoms with Crippen molar-refractivity contribution in [1.82, 2.24) is 0 Å². The molecule has 13 heavy (non-hydrogen) atoms. The van der Waals surface area contributed by atoms with Crippen molar-refractivity contribution < 1.29 is 19.5 Å². The van der Waals surface area contributed by atoms with E-state index in [4.69, 9.17) is 19.5 Å². The predicted octanol–water partition coefficient (Wildman–Crippen LogP) is -0.391. The SMILES string of the molecule is OB(O)c1cccc2c1OC=CO2. The molecule has 0 bridgehead atoms. The molecule has 1 aromatic carbocycles. The van der Waals surface area contributed by atoms with Gasteiger partial charge in [-0.1, -0.05) is 12.1 Å². The van der Waals surface area contributed by atoms with Gasteiger partial charge >= 0.3 is 7.12 Å². The molecule has 0 saturated heterocycles. The summed E-state index contributed by atoms with van der Waals surface area (Å²) in [7, 11) is -1.55. The van der Waals surface area contributed by atoms with Crippen molar-refractivity contribution in [3.63, 3.8) is 0 Å². The lowest BCUT2D eigenvalue weighted by Crippen LogP contribution is -2.31. The maximum Gasteiger partial charge on any atom is 0.492 e. The lowest BCUT2D eigenvalue weighted by Gasteiger charge is -2.15. The van der Waals surface area contributed by atoms with Gasteiger partial charge in [-0.2, -0.15) is 0 Å². The van der Waals surface area contributed by atoms with Crippen LogP contribution >= 0.6 is 0 Å². The molecule has 0 aliphatic carbocycles. The summed E-state index contributed by atoms with van der Waals surface area (Å²) in [6.45, 7) is 0. The lowest BCUT2D eigenvalue weighted by molar-refractivity contribution is 0.360. The Bertz CT molecular complexity index is 348. The van der Waals surface area contributed by atoms with Gasteiger partial charge in [0.05, 0.1) is 0 Å². The van der Waals surface area contributed by atoms with Crippen LogP contribution < -0.4 is 14.9 Å². The van der Waals surface area contributed by atoms with Crippen molar-refractivity contribution in [1.29, 1.82) is 0 Å². The second-order valence-electron chi connectivity index (χ2n) is 2.56. The van der Waals surface area contributed by atoms with Gasteiger partial charge in [0, 0.05) is 5.46 Å². The van der Waals surface area contributed by atoms with Crippen LogP contribution in [0, 0.1) is 0 Å². The Morgan fingerprint density at radius 2 is 1.85 bits per heavy atom. The summed E-state index contributed by atoms with van der Waals surface area (Å²) in [4.78, 5) is 0. The molecule has 0 saturated carbocycles. The van der Waals surface area contributed by atoms with Gasteiger partial charge in [0.1, 0.15) is 12.5 Å². The number of rotatable bonds is 1. The normalized spacial score (nSPS) is 12.8. The van der Waals surface area contributed by atoms with E-state index in [-0.39, 0.29) is 0 Å². The maximum atomic E-state index is 8.98. The molecule has 0 radical (unpaired) electrons. The summed E-state index contributed by atoms with van der Waals surface area (Å²) in [5.74, 6) is 0.827. The van der Waals surface area contributed by atoms with E-state index in [0.29, 0.717) is 17.0 Å². The quantitative estimate of drug-likeness (QED) is 0.575. The molecule has 1 aliphatic heterocycles. The van der Waals surface area contributed by atoms with Crippen LogP contribution in [0.5, 0.6) is 11.5 Å². The number of benzene rings is 1. The van der Waals surface area contributed by atoms with Crippen molar-refractivity contribution >= 4 is 12.6 Å². The van der Waals surface area contributed by atoms with Gasteiger partial charge in [-0.05, 0) is 6.07 Å². The third-order valence-electron chi connectivity index (χ3n) is 1.72. The zero-order chi connectivity index (χ0) is 9.26. The number of hydrogen-bond donors (Lipinski definition) is 2. The molecular formula is C8H7BO4. The first-order chi connectivity index (χ1) is 6.29. The van der Waals surface area contributed by atoms with Gasteiger partial charge in [-0.3, -0.25) is 0 Å². The van der Waals surface area contributed by atoms with E-state index >= 15 is 0 Å². The maximum absolute atomic E-state index is 8.98. The predicted molar refractivity (Wildman–Crippen MR) is 46.7 cm³/mol. The molecule has 5 heteroatoms. The van der Waals surface area contributed by atoms with Gasteiger partial charge in [-0.15, -0.1) is 0 Å². The summed E-state index contributed by atoms with van der Waals surface area (Å²) in [5, 5.41) is 18.0. The van der Waals surface area contributed by atoms with E-state index in [9.17, 15) is 0 Å². The van der Waals surface area contributed by atoms with Crippen LogP contribution in [-0.4, -0.2) is 17.2 Å². The van der Waals surface area contributed by atoms with Crippen molar-refractivity contribution in [2.75, 3.05) is 0 Å². The van der Waals surface area contributed by atoms with Crippen molar-refractivity contribution in [2.45, 2.75) is 0 Å². The molecule has 1 aliphatic rings. The van der Waals surface area contributed by atoms with Crippen LogP contribution in [-0.2, 0) is 0 Å². The van der Waals surface area contributed by atoms with Gasteiger partial charge in [0.2, 0.25) is 0 Å². The van der Waals surface area contributed by atoms with Crippen LogP contribution in [0.3, 0.4) is 0 Å². The lowest BCUT2D eigenvalue weighted by atomic mass is 9.79. The second-order valence-corrected chi connectivity index (χ2v) is 2.56. The smallest absolute Gasteiger partial charge is 0.458 e. The topological polar surface area (TPSA) is 58.9 Å². The fourth-order valence-corrected chi connectivity index (χ4v) is 1.15. The Hall–Kier alpha value is -1.46. The van der Waals surface area contributed by atoms with E-state index in [1.54, 1.807) is 18.2 Å². The van der Waals surface area contributed by atoms with Crippen LogP contribution in [0.25, 0.3) is 0 Å². The van der Waals surface area contributed by atoms with Crippen LogP contribution in [0.2, 0.25) is 0 Å². The molecule has 0 spiro atoms. The number of hydrogen-bond acceptors (Lipinski definition) is 4. The molecule has 1 heterocycles. The van der Waals surface area contributed by atoms with Crippen molar-refractivity contribution in [3.8, 4) is 11.5 Å². The van der Waals surface area contributed by atoms with Crippen molar-refractivity contribution in [3.05, 3.63) is 30.7 Å². The molecule has 66 valence electrons. The first kappa shape index (κ1) is 8.16. The first-order valence-electron chi connectivity index (χ1n) is 3.76. The largest absolute Gasteiger partial charge is 0.492 e.